The average Bonchev–Trinajstić information content (AvgIpc) is 3.14. The third-order valence-corrected chi connectivity index (χ3v) is 5.28. The minimum Gasteiger partial charge on any atom is -0.494 e. The highest BCUT2D eigenvalue weighted by molar-refractivity contribution is 7.09. The van der Waals surface area contributed by atoms with Crippen LogP contribution in [0.25, 0.3) is 0 Å². The van der Waals surface area contributed by atoms with E-state index in [0.717, 1.165) is 36.4 Å². The van der Waals surface area contributed by atoms with E-state index in [9.17, 15) is 9.18 Å². The maximum Gasteiger partial charge on any atom is 0.223 e. The second-order valence-electron chi connectivity index (χ2n) is 5.94. The predicted molar refractivity (Wildman–Crippen MR) is 91.7 cm³/mol. The summed E-state index contributed by atoms with van der Waals surface area (Å²) >= 11 is 1.60. The molecule has 0 saturated carbocycles. The molecule has 1 fully saturated rings. The molecular weight excluding hydrogens is 327 g/mol. The Bertz CT molecular complexity index is 690. The molecule has 6 heteroatoms. The molecule has 1 aliphatic heterocycles. The lowest BCUT2D eigenvalue weighted by Gasteiger charge is -2.34. The first-order valence-corrected chi connectivity index (χ1v) is 9.08. The van der Waals surface area contributed by atoms with Gasteiger partial charge in [-0.25, -0.2) is 9.37 Å². The average molecular weight is 348 g/mol. The Morgan fingerprint density at radius 2 is 2.33 bits per heavy atom. The SMILES string of the molecule is COc1ccc(CCC(=O)N2CCCC[C@H]2c2nccs2)cc1F. The highest BCUT2D eigenvalue weighted by atomic mass is 32.1. The third kappa shape index (κ3) is 3.75. The lowest BCUT2D eigenvalue weighted by atomic mass is 10.0. The molecule has 0 spiro atoms. The summed E-state index contributed by atoms with van der Waals surface area (Å²) in [5, 5.41) is 2.96. The van der Waals surface area contributed by atoms with Gasteiger partial charge in [-0.3, -0.25) is 4.79 Å². The largest absolute Gasteiger partial charge is 0.494 e. The van der Waals surface area contributed by atoms with E-state index in [4.69, 9.17) is 4.74 Å². The highest BCUT2D eigenvalue weighted by Gasteiger charge is 2.29. The molecule has 1 aliphatic rings. The summed E-state index contributed by atoms with van der Waals surface area (Å²) in [7, 11) is 1.44. The van der Waals surface area contributed by atoms with Gasteiger partial charge in [0, 0.05) is 24.5 Å². The van der Waals surface area contributed by atoms with Gasteiger partial charge in [0.25, 0.3) is 0 Å². The van der Waals surface area contributed by atoms with E-state index in [2.05, 4.69) is 4.98 Å². The Balaban J connectivity index is 1.64. The van der Waals surface area contributed by atoms with Crippen LogP contribution in [-0.4, -0.2) is 29.4 Å². The first-order valence-electron chi connectivity index (χ1n) is 8.20. The molecule has 1 amide bonds. The van der Waals surface area contributed by atoms with Crippen LogP contribution >= 0.6 is 11.3 Å². The number of halogens is 1. The molecule has 0 unspecified atom stereocenters. The number of rotatable bonds is 5. The van der Waals surface area contributed by atoms with Crippen molar-refractivity contribution < 1.29 is 13.9 Å². The highest BCUT2D eigenvalue weighted by Crippen LogP contribution is 2.32. The molecule has 0 N–H and O–H groups in total. The summed E-state index contributed by atoms with van der Waals surface area (Å²) in [6.45, 7) is 0.778. The number of ether oxygens (including phenoxy) is 1. The molecule has 24 heavy (non-hydrogen) atoms. The molecular formula is C18H21FN2O2S. The van der Waals surface area contributed by atoms with E-state index in [1.807, 2.05) is 16.3 Å². The number of likely N-dealkylation sites (tertiary alicyclic amines) is 1. The van der Waals surface area contributed by atoms with Crippen LogP contribution in [0.4, 0.5) is 4.39 Å². The predicted octanol–water partition coefficient (Wildman–Crippen LogP) is 3.98. The van der Waals surface area contributed by atoms with Crippen LogP contribution in [0.5, 0.6) is 5.75 Å². The topological polar surface area (TPSA) is 42.4 Å². The Morgan fingerprint density at radius 3 is 3.04 bits per heavy atom. The number of hydrogen-bond donors (Lipinski definition) is 0. The van der Waals surface area contributed by atoms with Gasteiger partial charge in [-0.2, -0.15) is 0 Å². The quantitative estimate of drug-likeness (QED) is 0.821. The zero-order chi connectivity index (χ0) is 16.9. The van der Waals surface area contributed by atoms with Gasteiger partial charge >= 0.3 is 0 Å². The number of aryl methyl sites for hydroxylation is 1. The number of nitrogens with zero attached hydrogens (tertiary/aromatic N) is 2. The zero-order valence-electron chi connectivity index (χ0n) is 13.7. The lowest BCUT2D eigenvalue weighted by molar-refractivity contribution is -0.135. The molecule has 0 bridgehead atoms. The van der Waals surface area contributed by atoms with Crippen molar-refractivity contribution in [2.75, 3.05) is 13.7 Å². The zero-order valence-corrected chi connectivity index (χ0v) is 14.5. The molecule has 0 aliphatic carbocycles. The van der Waals surface area contributed by atoms with Crippen molar-refractivity contribution in [1.29, 1.82) is 0 Å². The Hall–Kier alpha value is -1.95. The van der Waals surface area contributed by atoms with Crippen LogP contribution < -0.4 is 4.74 Å². The number of amides is 1. The minimum atomic E-state index is -0.388. The Labute approximate surface area is 145 Å². The molecule has 2 heterocycles. The van der Waals surface area contributed by atoms with Crippen LogP contribution in [0.2, 0.25) is 0 Å². The number of piperidine rings is 1. The number of hydrogen-bond acceptors (Lipinski definition) is 4. The second-order valence-corrected chi connectivity index (χ2v) is 6.86. The Morgan fingerprint density at radius 1 is 1.46 bits per heavy atom. The number of benzene rings is 1. The molecule has 128 valence electrons. The van der Waals surface area contributed by atoms with Crippen LogP contribution in [0.15, 0.2) is 29.8 Å². The first-order chi connectivity index (χ1) is 11.7. The number of carbonyl (C=O) groups is 1. The lowest BCUT2D eigenvalue weighted by Crippen LogP contribution is -2.38. The van der Waals surface area contributed by atoms with Gasteiger partial charge < -0.3 is 9.64 Å². The maximum absolute atomic E-state index is 13.8. The van der Waals surface area contributed by atoms with E-state index >= 15 is 0 Å². The van der Waals surface area contributed by atoms with Crippen molar-refractivity contribution in [3.8, 4) is 5.75 Å². The standard InChI is InChI=1S/C18H21FN2O2S/c1-23-16-7-5-13(12-14(16)19)6-8-17(22)21-10-3-2-4-15(21)18-20-9-11-24-18/h5,7,9,11-12,15H,2-4,6,8,10H2,1H3/t15-/m0/s1. The normalized spacial score (nSPS) is 17.8. The number of aromatic nitrogens is 1. The van der Waals surface area contributed by atoms with Crippen molar-refractivity contribution >= 4 is 17.2 Å². The van der Waals surface area contributed by atoms with Crippen molar-refractivity contribution in [2.45, 2.75) is 38.1 Å². The summed E-state index contributed by atoms with van der Waals surface area (Å²) in [4.78, 5) is 19.0. The Kier molecular flexibility index (Phi) is 5.45. The van der Waals surface area contributed by atoms with Crippen LogP contribution in [0.1, 0.15) is 42.3 Å². The van der Waals surface area contributed by atoms with Crippen molar-refractivity contribution in [3.63, 3.8) is 0 Å². The molecule has 1 aromatic carbocycles. The van der Waals surface area contributed by atoms with E-state index in [1.54, 1.807) is 23.6 Å². The molecule has 4 nitrogen and oxygen atoms in total. The summed E-state index contributed by atoms with van der Waals surface area (Å²) in [6.07, 6.45) is 5.82. The number of carbonyl (C=O) groups excluding carboxylic acids is 1. The fourth-order valence-corrected chi connectivity index (χ4v) is 3.93. The van der Waals surface area contributed by atoms with Crippen LogP contribution in [0.3, 0.4) is 0 Å². The van der Waals surface area contributed by atoms with E-state index in [-0.39, 0.29) is 23.5 Å². The summed E-state index contributed by atoms with van der Waals surface area (Å²) in [5.74, 6) is -0.0443. The third-order valence-electron chi connectivity index (χ3n) is 4.40. The molecule has 1 atom stereocenters. The van der Waals surface area contributed by atoms with Gasteiger partial charge in [-0.05, 0) is 43.4 Å². The van der Waals surface area contributed by atoms with Gasteiger partial charge in [-0.15, -0.1) is 11.3 Å². The first kappa shape index (κ1) is 16.9. The summed E-state index contributed by atoms with van der Waals surface area (Å²) in [5.41, 5.74) is 0.810. The smallest absolute Gasteiger partial charge is 0.223 e. The summed E-state index contributed by atoms with van der Waals surface area (Å²) < 4.78 is 18.7. The molecule has 1 aromatic heterocycles. The van der Waals surface area contributed by atoms with Crippen molar-refractivity contribution in [3.05, 3.63) is 46.2 Å². The molecule has 0 radical (unpaired) electrons. The minimum absolute atomic E-state index is 0.0962. The van der Waals surface area contributed by atoms with Gasteiger partial charge in [0.1, 0.15) is 5.01 Å². The van der Waals surface area contributed by atoms with Crippen LogP contribution in [0, 0.1) is 5.82 Å². The van der Waals surface area contributed by atoms with Gasteiger partial charge in [0.2, 0.25) is 5.91 Å². The molecule has 1 saturated heterocycles. The van der Waals surface area contributed by atoms with E-state index in [0.29, 0.717) is 12.8 Å². The van der Waals surface area contributed by atoms with E-state index < -0.39 is 0 Å². The molecule has 3 rings (SSSR count). The fraction of sp³-hybridized carbons (Fsp3) is 0.444. The van der Waals surface area contributed by atoms with Crippen molar-refractivity contribution in [1.82, 2.24) is 9.88 Å². The molecule has 2 aromatic rings. The monoisotopic (exact) mass is 348 g/mol. The van der Waals surface area contributed by atoms with Gasteiger partial charge in [-0.1, -0.05) is 6.07 Å². The maximum atomic E-state index is 13.8. The van der Waals surface area contributed by atoms with E-state index in [1.165, 1.54) is 13.2 Å². The fourth-order valence-electron chi connectivity index (χ4n) is 3.15. The second kappa shape index (κ2) is 7.75. The van der Waals surface area contributed by atoms with Gasteiger partial charge in [0.15, 0.2) is 11.6 Å². The van der Waals surface area contributed by atoms with Gasteiger partial charge in [0.05, 0.1) is 13.2 Å². The van der Waals surface area contributed by atoms with Crippen LogP contribution in [-0.2, 0) is 11.2 Å². The summed E-state index contributed by atoms with van der Waals surface area (Å²) in [6, 6.07) is 4.96. The number of thiazole rings is 1. The van der Waals surface area contributed by atoms with Crippen molar-refractivity contribution in [2.24, 2.45) is 0 Å². The number of methoxy groups -OCH3 is 1.